The second kappa shape index (κ2) is 6.07. The Morgan fingerprint density at radius 3 is 2.77 bits per heavy atom. The van der Waals surface area contributed by atoms with Gasteiger partial charge in [-0.05, 0) is 29.8 Å². The number of rotatable bonds is 4. The van der Waals surface area contributed by atoms with Crippen LogP contribution in [0.2, 0.25) is 0 Å². The first-order chi connectivity index (χ1) is 10.7. The lowest BCUT2D eigenvalue weighted by molar-refractivity contribution is -0.127. The molecule has 5 heteroatoms. The Kier molecular flexibility index (Phi) is 3.98. The predicted octanol–water partition coefficient (Wildman–Crippen LogP) is 1.95. The molecular weight excluding hydrogens is 280 g/mol. The zero-order chi connectivity index (χ0) is 15.5. The Balaban J connectivity index is 1.94. The van der Waals surface area contributed by atoms with Crippen molar-refractivity contribution < 1.29 is 14.6 Å². The Bertz CT molecular complexity index is 687. The SMILES string of the molecule is Nc1cccc(CN2C(=O)C(CCO)Oc3ccccc32)c1. The smallest absolute Gasteiger partial charge is 0.268 e. The van der Waals surface area contributed by atoms with E-state index >= 15 is 0 Å². The average Bonchev–Trinajstić information content (AvgIpc) is 2.52. The molecule has 1 heterocycles. The normalized spacial score (nSPS) is 17.0. The van der Waals surface area contributed by atoms with Gasteiger partial charge in [-0.15, -0.1) is 0 Å². The molecule has 0 aliphatic carbocycles. The van der Waals surface area contributed by atoms with Gasteiger partial charge in [-0.3, -0.25) is 4.79 Å². The van der Waals surface area contributed by atoms with Crippen molar-refractivity contribution in [3.63, 3.8) is 0 Å². The van der Waals surface area contributed by atoms with E-state index in [1.54, 1.807) is 4.90 Å². The molecular formula is C17H18N2O3. The summed E-state index contributed by atoms with van der Waals surface area (Å²) in [7, 11) is 0. The van der Waals surface area contributed by atoms with Gasteiger partial charge in [0.2, 0.25) is 0 Å². The van der Waals surface area contributed by atoms with Crippen LogP contribution in [0.5, 0.6) is 5.75 Å². The van der Waals surface area contributed by atoms with Gasteiger partial charge in [-0.1, -0.05) is 24.3 Å². The summed E-state index contributed by atoms with van der Waals surface area (Å²) in [6, 6.07) is 14.9. The second-order valence-electron chi connectivity index (χ2n) is 5.26. The van der Waals surface area contributed by atoms with Gasteiger partial charge in [0, 0.05) is 18.7 Å². The van der Waals surface area contributed by atoms with Gasteiger partial charge >= 0.3 is 0 Å². The topological polar surface area (TPSA) is 75.8 Å². The fourth-order valence-corrected chi connectivity index (χ4v) is 2.61. The number of carbonyl (C=O) groups is 1. The summed E-state index contributed by atoms with van der Waals surface area (Å²) < 4.78 is 5.70. The molecule has 3 N–H and O–H groups in total. The minimum Gasteiger partial charge on any atom is -0.478 e. The van der Waals surface area contributed by atoms with Gasteiger partial charge in [0.05, 0.1) is 12.2 Å². The van der Waals surface area contributed by atoms with Crippen LogP contribution < -0.4 is 15.4 Å². The number of anilines is 2. The van der Waals surface area contributed by atoms with Crippen molar-refractivity contribution in [2.24, 2.45) is 0 Å². The number of aliphatic hydroxyl groups excluding tert-OH is 1. The van der Waals surface area contributed by atoms with Crippen molar-refractivity contribution in [3.8, 4) is 5.75 Å². The maximum absolute atomic E-state index is 12.6. The summed E-state index contributed by atoms with van der Waals surface area (Å²) in [5.41, 5.74) is 8.16. The molecule has 5 nitrogen and oxygen atoms in total. The lowest BCUT2D eigenvalue weighted by Gasteiger charge is -2.34. The Hall–Kier alpha value is -2.53. The molecule has 2 aromatic carbocycles. The fraction of sp³-hybridized carbons (Fsp3) is 0.235. The number of para-hydroxylation sites is 2. The van der Waals surface area contributed by atoms with Crippen LogP contribution in [0.4, 0.5) is 11.4 Å². The highest BCUT2D eigenvalue weighted by atomic mass is 16.5. The van der Waals surface area contributed by atoms with E-state index in [4.69, 9.17) is 15.6 Å². The maximum atomic E-state index is 12.6. The van der Waals surface area contributed by atoms with E-state index in [1.807, 2.05) is 48.5 Å². The minimum atomic E-state index is -0.652. The van der Waals surface area contributed by atoms with Crippen LogP contribution in [0.15, 0.2) is 48.5 Å². The molecule has 0 bridgehead atoms. The minimum absolute atomic E-state index is 0.0926. The molecule has 1 atom stereocenters. The van der Waals surface area contributed by atoms with E-state index in [1.165, 1.54) is 0 Å². The van der Waals surface area contributed by atoms with Crippen LogP contribution in [-0.2, 0) is 11.3 Å². The fourth-order valence-electron chi connectivity index (χ4n) is 2.61. The molecule has 0 radical (unpaired) electrons. The quantitative estimate of drug-likeness (QED) is 0.846. The van der Waals surface area contributed by atoms with Crippen molar-refractivity contribution in [2.45, 2.75) is 19.1 Å². The molecule has 0 fully saturated rings. The maximum Gasteiger partial charge on any atom is 0.268 e. The zero-order valence-corrected chi connectivity index (χ0v) is 12.1. The molecule has 114 valence electrons. The molecule has 0 spiro atoms. The van der Waals surface area contributed by atoms with Crippen molar-refractivity contribution in [3.05, 3.63) is 54.1 Å². The van der Waals surface area contributed by atoms with Crippen LogP contribution in [0.25, 0.3) is 0 Å². The second-order valence-corrected chi connectivity index (χ2v) is 5.26. The summed E-state index contributed by atoms with van der Waals surface area (Å²) >= 11 is 0. The summed E-state index contributed by atoms with van der Waals surface area (Å²) in [4.78, 5) is 14.3. The van der Waals surface area contributed by atoms with E-state index in [0.29, 0.717) is 18.0 Å². The van der Waals surface area contributed by atoms with E-state index in [9.17, 15) is 4.79 Å². The molecule has 2 aromatic rings. The number of aliphatic hydroxyl groups is 1. The number of nitrogens with two attached hydrogens (primary N) is 1. The van der Waals surface area contributed by atoms with Crippen LogP contribution in [0.3, 0.4) is 0 Å². The summed E-state index contributed by atoms with van der Waals surface area (Å²) in [6.45, 7) is 0.330. The lowest BCUT2D eigenvalue weighted by Crippen LogP contribution is -2.45. The van der Waals surface area contributed by atoms with Crippen molar-refractivity contribution in [1.29, 1.82) is 0 Å². The number of benzene rings is 2. The van der Waals surface area contributed by atoms with Gasteiger partial charge in [-0.25, -0.2) is 0 Å². The monoisotopic (exact) mass is 298 g/mol. The van der Waals surface area contributed by atoms with Crippen LogP contribution in [0.1, 0.15) is 12.0 Å². The average molecular weight is 298 g/mol. The van der Waals surface area contributed by atoms with E-state index in [0.717, 1.165) is 11.3 Å². The highest BCUT2D eigenvalue weighted by Crippen LogP contribution is 2.35. The molecule has 3 rings (SSSR count). The first-order valence-corrected chi connectivity index (χ1v) is 7.21. The molecule has 1 aliphatic rings. The number of amides is 1. The third kappa shape index (κ3) is 2.76. The van der Waals surface area contributed by atoms with Crippen molar-refractivity contribution >= 4 is 17.3 Å². The van der Waals surface area contributed by atoms with Crippen LogP contribution >= 0.6 is 0 Å². The van der Waals surface area contributed by atoms with Crippen molar-refractivity contribution in [1.82, 2.24) is 0 Å². The molecule has 0 aromatic heterocycles. The molecule has 0 saturated heterocycles. The Labute approximate surface area is 128 Å². The van der Waals surface area contributed by atoms with E-state index in [2.05, 4.69) is 0 Å². The molecule has 1 unspecified atom stereocenters. The largest absolute Gasteiger partial charge is 0.478 e. The number of fused-ring (bicyclic) bond motifs is 1. The summed E-state index contributed by atoms with van der Waals surface area (Å²) in [5.74, 6) is 0.514. The standard InChI is InChI=1S/C17H18N2O3/c18-13-5-3-4-12(10-13)11-19-14-6-1-2-7-15(14)22-16(8-9-20)17(19)21/h1-7,10,16,20H,8-9,11,18H2. The molecule has 0 saturated carbocycles. The predicted molar refractivity (Wildman–Crippen MR) is 84.6 cm³/mol. The van der Waals surface area contributed by atoms with E-state index in [-0.39, 0.29) is 18.9 Å². The molecule has 1 amide bonds. The molecule has 22 heavy (non-hydrogen) atoms. The third-order valence-electron chi connectivity index (χ3n) is 3.65. The first-order valence-electron chi connectivity index (χ1n) is 7.21. The van der Waals surface area contributed by atoms with Gasteiger partial charge in [0.15, 0.2) is 6.10 Å². The number of hydrogen-bond acceptors (Lipinski definition) is 4. The summed E-state index contributed by atoms with van der Waals surface area (Å²) in [6.07, 6.45) is -0.374. The third-order valence-corrected chi connectivity index (χ3v) is 3.65. The number of ether oxygens (including phenoxy) is 1. The van der Waals surface area contributed by atoms with Crippen LogP contribution in [0, 0.1) is 0 Å². The zero-order valence-electron chi connectivity index (χ0n) is 12.1. The highest BCUT2D eigenvalue weighted by Gasteiger charge is 2.33. The number of nitrogens with zero attached hydrogens (tertiary/aromatic N) is 1. The Morgan fingerprint density at radius 2 is 2.00 bits per heavy atom. The summed E-state index contributed by atoms with van der Waals surface area (Å²) in [5, 5.41) is 9.13. The van der Waals surface area contributed by atoms with Gasteiger partial charge < -0.3 is 20.5 Å². The number of carbonyl (C=O) groups excluding carboxylic acids is 1. The van der Waals surface area contributed by atoms with Crippen LogP contribution in [-0.4, -0.2) is 23.7 Å². The van der Waals surface area contributed by atoms with Crippen molar-refractivity contribution in [2.75, 3.05) is 17.2 Å². The van der Waals surface area contributed by atoms with Gasteiger partial charge in [-0.2, -0.15) is 0 Å². The van der Waals surface area contributed by atoms with E-state index < -0.39 is 6.10 Å². The Morgan fingerprint density at radius 1 is 1.18 bits per heavy atom. The first kappa shape index (κ1) is 14.4. The van der Waals surface area contributed by atoms with Gasteiger partial charge in [0.1, 0.15) is 5.75 Å². The highest BCUT2D eigenvalue weighted by molar-refractivity contribution is 5.99. The van der Waals surface area contributed by atoms with Gasteiger partial charge in [0.25, 0.3) is 5.91 Å². The number of hydrogen-bond donors (Lipinski definition) is 2. The lowest BCUT2D eigenvalue weighted by atomic mass is 10.1. The number of nitrogen functional groups attached to an aromatic ring is 1. The molecule has 1 aliphatic heterocycles.